The van der Waals surface area contributed by atoms with E-state index in [0.29, 0.717) is 30.1 Å². The van der Waals surface area contributed by atoms with Crippen molar-refractivity contribution in [3.63, 3.8) is 0 Å². The maximum Gasteiger partial charge on any atom is 0.300 e. The minimum atomic E-state index is -3.80. The monoisotopic (exact) mass is 440 g/mol. The molecule has 31 heavy (non-hydrogen) atoms. The summed E-state index contributed by atoms with van der Waals surface area (Å²) in [4.78, 5) is 28.1. The number of piperazine rings is 1. The largest absolute Gasteiger partial charge is 0.497 e. The molecule has 1 fully saturated rings. The summed E-state index contributed by atoms with van der Waals surface area (Å²) in [5, 5.41) is 9.23. The maximum absolute atomic E-state index is 13.0. The van der Waals surface area contributed by atoms with Crippen LogP contribution in [0.2, 0.25) is 0 Å². The molecule has 1 saturated heterocycles. The molecule has 0 aromatic heterocycles. The molecule has 2 aliphatic heterocycles. The summed E-state index contributed by atoms with van der Waals surface area (Å²) in [7, 11) is -2.29. The standard InChI is InChI=1S/C21H20N4O5S/c1-30-16-6-7-17-18(12-16)25(21(27)20(17)26)14-23-8-10-24(11-9-23)31(28,29)19-5-3-2-4-15(19)13-22/h2-7,12H,8-11,14H2,1H3. The van der Waals surface area contributed by atoms with E-state index in [1.807, 2.05) is 11.0 Å². The van der Waals surface area contributed by atoms with Crippen molar-refractivity contribution in [2.24, 2.45) is 0 Å². The minimum absolute atomic E-state index is 0.00714. The predicted octanol–water partition coefficient (Wildman–Crippen LogP) is 1.06. The molecule has 9 nitrogen and oxygen atoms in total. The number of ether oxygens (including phenoxy) is 1. The number of benzene rings is 2. The van der Waals surface area contributed by atoms with Crippen LogP contribution in [0.25, 0.3) is 0 Å². The normalized spacial score (nSPS) is 17.5. The fourth-order valence-electron chi connectivity index (χ4n) is 3.78. The number of methoxy groups -OCH3 is 1. The van der Waals surface area contributed by atoms with E-state index >= 15 is 0 Å². The summed E-state index contributed by atoms with van der Waals surface area (Å²) in [6.45, 7) is 1.36. The van der Waals surface area contributed by atoms with Crippen LogP contribution in [0.3, 0.4) is 0 Å². The first-order valence-corrected chi connectivity index (χ1v) is 11.1. The molecule has 10 heteroatoms. The Morgan fingerprint density at radius 2 is 1.77 bits per heavy atom. The van der Waals surface area contributed by atoms with Gasteiger partial charge in [0, 0.05) is 32.2 Å². The summed E-state index contributed by atoms with van der Waals surface area (Å²) < 4.78 is 32.5. The fourth-order valence-corrected chi connectivity index (χ4v) is 5.34. The second kappa shape index (κ2) is 8.11. The number of Topliss-reactive ketones (excluding diaryl/α,β-unsaturated/α-hetero) is 1. The van der Waals surface area contributed by atoms with Crippen LogP contribution in [0, 0.1) is 11.3 Å². The van der Waals surface area contributed by atoms with E-state index in [0.717, 1.165) is 0 Å². The second-order valence-corrected chi connectivity index (χ2v) is 9.12. The lowest BCUT2D eigenvalue weighted by molar-refractivity contribution is -0.114. The zero-order chi connectivity index (χ0) is 22.2. The van der Waals surface area contributed by atoms with E-state index in [-0.39, 0.29) is 30.2 Å². The number of hydrogen-bond acceptors (Lipinski definition) is 7. The zero-order valence-electron chi connectivity index (χ0n) is 16.8. The number of nitrogens with zero attached hydrogens (tertiary/aromatic N) is 4. The number of nitriles is 1. The second-order valence-electron chi connectivity index (χ2n) is 7.22. The van der Waals surface area contributed by atoms with Gasteiger partial charge in [0.2, 0.25) is 10.0 Å². The molecule has 2 aromatic rings. The van der Waals surface area contributed by atoms with Gasteiger partial charge in [-0.2, -0.15) is 9.57 Å². The SMILES string of the molecule is COc1ccc2c(c1)N(CN1CCN(S(=O)(=O)c3ccccc3C#N)CC1)C(=O)C2=O. The quantitative estimate of drug-likeness (QED) is 0.639. The molecule has 2 aliphatic rings. The Labute approximate surface area is 180 Å². The predicted molar refractivity (Wildman–Crippen MR) is 111 cm³/mol. The van der Waals surface area contributed by atoms with Crippen LogP contribution in [-0.4, -0.2) is 69.3 Å². The average molecular weight is 440 g/mol. The highest BCUT2D eigenvalue weighted by molar-refractivity contribution is 7.89. The topological polar surface area (TPSA) is 111 Å². The molecule has 1 amide bonds. The van der Waals surface area contributed by atoms with Crippen molar-refractivity contribution >= 4 is 27.4 Å². The van der Waals surface area contributed by atoms with Gasteiger partial charge in [0.15, 0.2) is 0 Å². The number of amides is 1. The molecule has 0 radical (unpaired) electrons. The van der Waals surface area contributed by atoms with Gasteiger partial charge in [0.05, 0.1) is 35.5 Å². The Morgan fingerprint density at radius 1 is 1.06 bits per heavy atom. The van der Waals surface area contributed by atoms with Gasteiger partial charge in [0.25, 0.3) is 5.78 Å². The molecule has 160 valence electrons. The Morgan fingerprint density at radius 3 is 2.45 bits per heavy atom. The summed E-state index contributed by atoms with van der Waals surface area (Å²) in [6.07, 6.45) is 0. The molecule has 0 atom stereocenters. The molecular formula is C21H20N4O5S. The number of anilines is 1. The molecular weight excluding hydrogens is 420 g/mol. The van der Waals surface area contributed by atoms with E-state index in [1.54, 1.807) is 30.3 Å². The van der Waals surface area contributed by atoms with Crippen molar-refractivity contribution in [3.8, 4) is 11.8 Å². The van der Waals surface area contributed by atoms with E-state index in [2.05, 4.69) is 0 Å². The average Bonchev–Trinajstić information content (AvgIpc) is 3.03. The molecule has 0 spiro atoms. The van der Waals surface area contributed by atoms with Crippen molar-refractivity contribution in [1.82, 2.24) is 9.21 Å². The lowest BCUT2D eigenvalue weighted by Crippen LogP contribution is -2.52. The van der Waals surface area contributed by atoms with Gasteiger partial charge in [0.1, 0.15) is 11.8 Å². The van der Waals surface area contributed by atoms with Crippen LogP contribution in [0.4, 0.5) is 5.69 Å². The summed E-state index contributed by atoms with van der Waals surface area (Å²) in [5.74, 6) is -0.633. The van der Waals surface area contributed by atoms with Crippen LogP contribution in [0.15, 0.2) is 47.4 Å². The van der Waals surface area contributed by atoms with Crippen molar-refractivity contribution in [2.75, 3.05) is 44.9 Å². The van der Waals surface area contributed by atoms with Gasteiger partial charge in [-0.3, -0.25) is 19.4 Å². The molecule has 2 aromatic carbocycles. The third-order valence-electron chi connectivity index (χ3n) is 5.48. The number of ketones is 1. The lowest BCUT2D eigenvalue weighted by atomic mass is 10.1. The molecule has 2 heterocycles. The van der Waals surface area contributed by atoms with Crippen LogP contribution in [0.1, 0.15) is 15.9 Å². The van der Waals surface area contributed by atoms with Gasteiger partial charge >= 0.3 is 5.91 Å². The fraction of sp³-hybridized carbons (Fsp3) is 0.286. The zero-order valence-corrected chi connectivity index (χ0v) is 17.6. The number of carbonyl (C=O) groups excluding carboxylic acids is 2. The summed E-state index contributed by atoms with van der Waals surface area (Å²) >= 11 is 0. The number of carbonyl (C=O) groups is 2. The molecule has 0 N–H and O–H groups in total. The highest BCUT2D eigenvalue weighted by atomic mass is 32.2. The number of fused-ring (bicyclic) bond motifs is 1. The van der Waals surface area contributed by atoms with Crippen molar-refractivity contribution < 1.29 is 22.7 Å². The lowest BCUT2D eigenvalue weighted by Gasteiger charge is -2.36. The third kappa shape index (κ3) is 3.67. The highest BCUT2D eigenvalue weighted by Gasteiger charge is 2.38. The van der Waals surface area contributed by atoms with Gasteiger partial charge in [-0.25, -0.2) is 8.42 Å². The van der Waals surface area contributed by atoms with E-state index in [9.17, 15) is 23.3 Å². The van der Waals surface area contributed by atoms with Gasteiger partial charge in [-0.15, -0.1) is 0 Å². The van der Waals surface area contributed by atoms with Gasteiger partial charge in [-0.1, -0.05) is 12.1 Å². The van der Waals surface area contributed by atoms with E-state index in [4.69, 9.17) is 4.74 Å². The smallest absolute Gasteiger partial charge is 0.300 e. The number of rotatable bonds is 5. The molecule has 0 saturated carbocycles. The van der Waals surface area contributed by atoms with Crippen LogP contribution in [0.5, 0.6) is 5.75 Å². The first-order chi connectivity index (χ1) is 14.9. The first kappa shape index (κ1) is 21.0. The first-order valence-electron chi connectivity index (χ1n) is 9.62. The van der Waals surface area contributed by atoms with Crippen molar-refractivity contribution in [1.29, 1.82) is 5.26 Å². The van der Waals surface area contributed by atoms with E-state index in [1.165, 1.54) is 28.4 Å². The van der Waals surface area contributed by atoms with Gasteiger partial charge in [-0.05, 0) is 24.3 Å². The maximum atomic E-state index is 13.0. The number of sulfonamides is 1. The molecule has 0 aliphatic carbocycles. The van der Waals surface area contributed by atoms with Gasteiger partial charge < -0.3 is 4.74 Å². The molecule has 0 bridgehead atoms. The van der Waals surface area contributed by atoms with Crippen LogP contribution in [-0.2, 0) is 14.8 Å². The molecule has 4 rings (SSSR count). The van der Waals surface area contributed by atoms with Crippen LogP contribution < -0.4 is 9.64 Å². The number of hydrogen-bond donors (Lipinski definition) is 0. The Kier molecular flexibility index (Phi) is 5.49. The minimum Gasteiger partial charge on any atom is -0.497 e. The third-order valence-corrected chi connectivity index (χ3v) is 7.43. The van der Waals surface area contributed by atoms with E-state index < -0.39 is 21.7 Å². The Hall–Kier alpha value is -3.26. The van der Waals surface area contributed by atoms with Crippen molar-refractivity contribution in [3.05, 3.63) is 53.6 Å². The summed E-state index contributed by atoms with van der Waals surface area (Å²) in [5.41, 5.74) is 0.934. The Balaban J connectivity index is 1.48. The highest BCUT2D eigenvalue weighted by Crippen LogP contribution is 2.33. The summed E-state index contributed by atoms with van der Waals surface area (Å²) in [6, 6.07) is 12.9. The molecule has 0 unspecified atom stereocenters. The Bertz CT molecular complexity index is 1200. The van der Waals surface area contributed by atoms with Crippen molar-refractivity contribution in [2.45, 2.75) is 4.90 Å². The van der Waals surface area contributed by atoms with Crippen LogP contribution >= 0.6 is 0 Å².